The molecule has 1 N–H and O–H groups in total. The summed E-state index contributed by atoms with van der Waals surface area (Å²) in [6, 6.07) is 0. The third kappa shape index (κ3) is 3.95. The van der Waals surface area contributed by atoms with Crippen LogP contribution in [0.1, 0.15) is 6.92 Å². The van der Waals surface area contributed by atoms with Crippen LogP contribution in [0.5, 0.6) is 0 Å². The van der Waals surface area contributed by atoms with Crippen molar-refractivity contribution in [1.82, 2.24) is 0 Å². The van der Waals surface area contributed by atoms with Crippen molar-refractivity contribution in [3.05, 3.63) is 0 Å². The lowest BCUT2D eigenvalue weighted by Crippen LogP contribution is -2.22. The molecule has 0 aromatic heterocycles. The van der Waals surface area contributed by atoms with Gasteiger partial charge < -0.3 is 5.11 Å². The Morgan fingerprint density at radius 2 is 2.17 bits per heavy atom. The van der Waals surface area contributed by atoms with Gasteiger partial charge in [0.15, 0.2) is 0 Å². The Balaban J connectivity index is 3.17. The highest BCUT2D eigenvalue weighted by atomic mass is 19.1. The van der Waals surface area contributed by atoms with E-state index < -0.39 is 12.2 Å². The van der Waals surface area contributed by atoms with E-state index in [1.807, 2.05) is 0 Å². The Kier molecular flexibility index (Phi) is 1.59. The molecule has 0 spiro atoms. The third-order valence-electron chi connectivity index (χ3n) is 0.309. The Bertz CT molecular complexity index is 40.5. The van der Waals surface area contributed by atoms with E-state index in [-0.39, 0.29) is 0 Å². The van der Waals surface area contributed by atoms with E-state index in [1.54, 1.807) is 0 Å². The fourth-order valence-electron chi connectivity index (χ4n) is 0. The number of hydrogen-bond acceptors (Lipinski definition) is 1. The van der Waals surface area contributed by atoms with Gasteiger partial charge >= 0.3 is 0 Å². The predicted octanol–water partition coefficient (Wildman–Crippen LogP) is -0.167. The maximum atomic E-state index is 11.6. The average molecular weight is 87.9 g/mol. The van der Waals surface area contributed by atoms with Crippen molar-refractivity contribution in [3.63, 3.8) is 0 Å². The quantitative estimate of drug-likeness (QED) is 0.441. The van der Waals surface area contributed by atoms with Gasteiger partial charge in [0.1, 0.15) is 7.85 Å². The summed E-state index contributed by atoms with van der Waals surface area (Å²) in [5, 5.41) is 7.90. The molecule has 3 heteroatoms. The van der Waals surface area contributed by atoms with Crippen molar-refractivity contribution in [2.75, 3.05) is 6.61 Å². The van der Waals surface area contributed by atoms with E-state index in [4.69, 9.17) is 5.11 Å². The molecule has 0 aliphatic rings. The van der Waals surface area contributed by atoms with Gasteiger partial charge in [0.25, 0.3) is 0 Å². The topological polar surface area (TPSA) is 20.2 Å². The van der Waals surface area contributed by atoms with Gasteiger partial charge in [-0.05, 0) is 6.92 Å². The highest BCUT2D eigenvalue weighted by molar-refractivity contribution is 6.14. The Morgan fingerprint density at radius 3 is 2.17 bits per heavy atom. The number of aliphatic hydroxyl groups is 1. The van der Waals surface area contributed by atoms with Crippen LogP contribution in [0, 0.1) is 0 Å². The summed E-state index contributed by atoms with van der Waals surface area (Å²) in [6.45, 7) is 0.486. The molecule has 0 rings (SSSR count). The molecule has 0 amide bonds. The van der Waals surface area contributed by atoms with Crippen LogP contribution in [0.4, 0.5) is 4.39 Å². The van der Waals surface area contributed by atoms with Crippen LogP contribution in [0.25, 0.3) is 0 Å². The molecule has 0 saturated carbocycles. The first-order valence-corrected chi connectivity index (χ1v) is 1.65. The van der Waals surface area contributed by atoms with E-state index >= 15 is 0 Å². The minimum Gasteiger partial charge on any atom is -0.394 e. The van der Waals surface area contributed by atoms with E-state index in [9.17, 15) is 4.39 Å². The highest BCUT2D eigenvalue weighted by Gasteiger charge is 2.10. The maximum absolute atomic E-state index is 11.6. The van der Waals surface area contributed by atoms with Gasteiger partial charge in [-0.15, -0.1) is 0 Å². The molecular formula is C3H6BFO. The fourth-order valence-corrected chi connectivity index (χ4v) is 0. The normalized spacial score (nSPS) is 19.8. The monoisotopic (exact) mass is 88.0 g/mol. The van der Waals surface area contributed by atoms with Crippen LogP contribution in [0.3, 0.4) is 0 Å². The van der Waals surface area contributed by atoms with Crippen molar-refractivity contribution >= 4 is 7.85 Å². The maximum Gasteiger partial charge on any atom is 0.124 e. The summed E-state index contributed by atoms with van der Waals surface area (Å²) in [5.74, 6) is 0. The smallest absolute Gasteiger partial charge is 0.124 e. The van der Waals surface area contributed by atoms with Gasteiger partial charge in [-0.2, -0.15) is 0 Å². The Morgan fingerprint density at radius 1 is 2.00 bits per heavy atom. The van der Waals surface area contributed by atoms with Crippen molar-refractivity contribution in [3.8, 4) is 0 Å². The lowest BCUT2D eigenvalue weighted by molar-refractivity contribution is 0.159. The third-order valence-corrected chi connectivity index (χ3v) is 0.309. The number of hydrogen-bond donors (Lipinski definition) is 1. The molecule has 0 saturated heterocycles. The molecule has 0 aliphatic heterocycles. The second-order valence-electron chi connectivity index (χ2n) is 1.44. The van der Waals surface area contributed by atoms with Gasteiger partial charge in [0, 0.05) is 0 Å². The largest absolute Gasteiger partial charge is 0.394 e. The predicted molar refractivity (Wildman–Crippen MR) is 22.4 cm³/mol. The van der Waals surface area contributed by atoms with Crippen LogP contribution in [-0.4, -0.2) is 25.1 Å². The van der Waals surface area contributed by atoms with Crippen LogP contribution in [-0.2, 0) is 0 Å². The SMILES string of the molecule is [B]C(C)(F)CO. The molecule has 0 bridgehead atoms. The Hall–Kier alpha value is -0.0451. The van der Waals surface area contributed by atoms with E-state index in [0.29, 0.717) is 0 Å². The second-order valence-corrected chi connectivity index (χ2v) is 1.44. The first-order valence-electron chi connectivity index (χ1n) is 1.65. The summed E-state index contributed by atoms with van der Waals surface area (Å²) >= 11 is 0. The molecule has 0 aromatic carbocycles. The van der Waals surface area contributed by atoms with Crippen molar-refractivity contribution < 1.29 is 9.50 Å². The molecule has 0 fully saturated rings. The lowest BCUT2D eigenvalue weighted by Gasteiger charge is -2.06. The van der Waals surface area contributed by atoms with Crippen molar-refractivity contribution in [2.24, 2.45) is 0 Å². The molecule has 34 valence electrons. The molecule has 0 aliphatic carbocycles. The standard InChI is InChI=1S/C3H6BFO/c1-3(4,5)2-6/h6H,2H2,1H3. The molecule has 6 heavy (non-hydrogen) atoms. The van der Waals surface area contributed by atoms with Crippen LogP contribution >= 0.6 is 0 Å². The number of halogens is 1. The summed E-state index contributed by atoms with van der Waals surface area (Å²) in [6.07, 6.45) is 0. The minimum atomic E-state index is -1.90. The lowest BCUT2D eigenvalue weighted by atomic mass is 9.87. The van der Waals surface area contributed by atoms with Crippen molar-refractivity contribution in [2.45, 2.75) is 12.5 Å². The summed E-state index contributed by atoms with van der Waals surface area (Å²) in [7, 11) is 4.62. The van der Waals surface area contributed by atoms with Crippen molar-refractivity contribution in [1.29, 1.82) is 0 Å². The number of alkyl halides is 1. The molecule has 0 aromatic rings. The molecule has 0 heterocycles. The van der Waals surface area contributed by atoms with E-state index in [2.05, 4.69) is 7.85 Å². The fraction of sp³-hybridized carbons (Fsp3) is 1.00. The van der Waals surface area contributed by atoms with Crippen LogP contribution in [0.2, 0.25) is 0 Å². The number of rotatable bonds is 1. The minimum absolute atomic E-state index is 0.618. The summed E-state index contributed by atoms with van der Waals surface area (Å²) in [4.78, 5) is 0. The van der Waals surface area contributed by atoms with Gasteiger partial charge in [0.2, 0.25) is 0 Å². The van der Waals surface area contributed by atoms with Crippen LogP contribution in [0.15, 0.2) is 0 Å². The van der Waals surface area contributed by atoms with Gasteiger partial charge in [-0.25, -0.2) is 0 Å². The summed E-state index contributed by atoms with van der Waals surface area (Å²) in [5.41, 5.74) is -1.90. The number of aliphatic hydroxyl groups excluding tert-OH is 1. The molecular weight excluding hydrogens is 81.8 g/mol. The molecule has 2 radical (unpaired) electrons. The molecule has 1 unspecified atom stereocenters. The van der Waals surface area contributed by atoms with Gasteiger partial charge in [-0.1, -0.05) is 0 Å². The van der Waals surface area contributed by atoms with E-state index in [0.717, 1.165) is 6.92 Å². The molecule has 1 nitrogen and oxygen atoms in total. The van der Waals surface area contributed by atoms with Crippen LogP contribution < -0.4 is 0 Å². The molecule has 1 atom stereocenters. The Labute approximate surface area is 37.6 Å². The zero-order chi connectivity index (χ0) is 5.21. The summed E-state index contributed by atoms with van der Waals surface area (Å²) < 4.78 is 11.6. The second kappa shape index (κ2) is 1.60. The highest BCUT2D eigenvalue weighted by Crippen LogP contribution is 1.98. The first-order chi connectivity index (χ1) is 2.56. The first kappa shape index (κ1) is 5.95. The zero-order valence-corrected chi connectivity index (χ0v) is 3.61. The van der Waals surface area contributed by atoms with Gasteiger partial charge in [-0.3, -0.25) is 4.39 Å². The average Bonchev–Trinajstić information content (AvgIpc) is 1.35. The van der Waals surface area contributed by atoms with E-state index in [1.165, 1.54) is 0 Å². The zero-order valence-electron chi connectivity index (χ0n) is 3.61. The van der Waals surface area contributed by atoms with Gasteiger partial charge in [0.05, 0.1) is 12.2 Å².